The lowest BCUT2D eigenvalue weighted by Crippen LogP contribution is -2.30. The number of halogens is 1. The third kappa shape index (κ3) is 8.72. The first-order valence-corrected chi connectivity index (χ1v) is 16.1. The molecule has 0 saturated heterocycles. The number of hydrogen-bond donors (Lipinski definition) is 3. The van der Waals surface area contributed by atoms with Crippen molar-refractivity contribution >= 4 is 79.5 Å². The minimum atomic E-state index is -0.494. The van der Waals surface area contributed by atoms with Crippen LogP contribution in [0.1, 0.15) is 29.8 Å². The van der Waals surface area contributed by atoms with E-state index in [1.807, 2.05) is 50.2 Å². The molecule has 5 rings (SSSR count). The molecule has 0 spiro atoms. The first-order chi connectivity index (χ1) is 21.8. The van der Waals surface area contributed by atoms with E-state index in [-0.39, 0.29) is 11.6 Å². The van der Waals surface area contributed by atoms with Crippen LogP contribution in [0.3, 0.4) is 0 Å². The monoisotopic (exact) mass is 656 g/mol. The molecule has 0 saturated carbocycles. The fourth-order valence-electron chi connectivity index (χ4n) is 4.16. The summed E-state index contributed by atoms with van der Waals surface area (Å²) >= 11 is 8.79. The maximum atomic E-state index is 13.3. The highest BCUT2D eigenvalue weighted by molar-refractivity contribution is 8.00. The van der Waals surface area contributed by atoms with Gasteiger partial charge < -0.3 is 20.7 Å². The summed E-state index contributed by atoms with van der Waals surface area (Å²) in [5.74, 6) is -0.314. The lowest BCUT2D eigenvalue weighted by Gasteiger charge is -2.13. The van der Waals surface area contributed by atoms with Gasteiger partial charge in [0.15, 0.2) is 5.13 Å². The van der Waals surface area contributed by atoms with Gasteiger partial charge in [0.1, 0.15) is 11.4 Å². The molecule has 0 fully saturated rings. The van der Waals surface area contributed by atoms with E-state index in [2.05, 4.69) is 20.9 Å². The number of thioether (sulfide) groups is 1. The van der Waals surface area contributed by atoms with Crippen LogP contribution in [-0.4, -0.2) is 34.6 Å². The molecule has 5 aromatic rings. The van der Waals surface area contributed by atoms with Gasteiger partial charge in [-0.15, -0.1) is 11.8 Å². The number of amides is 3. The van der Waals surface area contributed by atoms with Crippen LogP contribution in [0.25, 0.3) is 16.3 Å². The van der Waals surface area contributed by atoms with Gasteiger partial charge in [-0.1, -0.05) is 53.3 Å². The van der Waals surface area contributed by atoms with E-state index in [1.165, 1.54) is 23.1 Å². The van der Waals surface area contributed by atoms with Gasteiger partial charge in [-0.3, -0.25) is 14.4 Å². The minimum absolute atomic E-state index is 0.0684. The fourth-order valence-corrected chi connectivity index (χ4v) is 6.05. The van der Waals surface area contributed by atoms with Crippen molar-refractivity contribution in [3.8, 4) is 5.75 Å². The van der Waals surface area contributed by atoms with E-state index >= 15 is 0 Å². The number of nitrogens with one attached hydrogen (secondary N) is 3. The quantitative estimate of drug-likeness (QED) is 0.0986. The van der Waals surface area contributed by atoms with Crippen LogP contribution in [0.2, 0.25) is 5.02 Å². The number of anilines is 2. The van der Waals surface area contributed by atoms with Crippen molar-refractivity contribution in [1.29, 1.82) is 0 Å². The van der Waals surface area contributed by atoms with Gasteiger partial charge in [-0.25, -0.2) is 4.98 Å². The van der Waals surface area contributed by atoms with Crippen molar-refractivity contribution in [1.82, 2.24) is 10.3 Å². The zero-order chi connectivity index (χ0) is 31.8. The highest BCUT2D eigenvalue weighted by atomic mass is 35.5. The third-order valence-electron chi connectivity index (χ3n) is 6.41. The van der Waals surface area contributed by atoms with Gasteiger partial charge in [0.05, 0.1) is 22.1 Å². The van der Waals surface area contributed by atoms with Crippen molar-refractivity contribution in [2.75, 3.05) is 17.2 Å². The summed E-state index contributed by atoms with van der Waals surface area (Å²) in [7, 11) is 0. The number of ether oxygens (including phenoxy) is 1. The Morgan fingerprint density at radius 2 is 1.69 bits per heavy atom. The number of aromatic nitrogens is 1. The number of carbonyl (C=O) groups excluding carboxylic acids is 3. The first-order valence-electron chi connectivity index (χ1n) is 14.0. The first kappa shape index (κ1) is 31.8. The Kier molecular flexibility index (Phi) is 10.5. The van der Waals surface area contributed by atoms with E-state index < -0.39 is 17.1 Å². The summed E-state index contributed by atoms with van der Waals surface area (Å²) < 4.78 is 6.48. The Balaban J connectivity index is 1.22. The normalized spacial score (nSPS) is 11.9. The van der Waals surface area contributed by atoms with Crippen LogP contribution in [-0.2, 0) is 9.59 Å². The van der Waals surface area contributed by atoms with Crippen molar-refractivity contribution < 1.29 is 19.1 Å². The molecule has 3 amide bonds. The van der Waals surface area contributed by atoms with Crippen molar-refractivity contribution in [2.24, 2.45) is 0 Å². The molecule has 45 heavy (non-hydrogen) atoms. The van der Waals surface area contributed by atoms with Crippen LogP contribution < -0.4 is 20.7 Å². The molecule has 0 radical (unpaired) electrons. The summed E-state index contributed by atoms with van der Waals surface area (Å²) in [5, 5.41) is 9.14. The van der Waals surface area contributed by atoms with Gasteiger partial charge >= 0.3 is 0 Å². The van der Waals surface area contributed by atoms with Crippen molar-refractivity contribution in [2.45, 2.75) is 24.0 Å². The SMILES string of the molecule is CCOc1ccc2nc(NC(=O)C(C)Sc3ccc(NC(=O)/C(=C/c4ccc(Cl)cc4)NC(=O)c4ccccc4)cc3)sc2c1. The molecule has 1 unspecified atom stereocenters. The Morgan fingerprint density at radius 1 is 0.956 bits per heavy atom. The lowest BCUT2D eigenvalue weighted by molar-refractivity contribution is -0.115. The zero-order valence-electron chi connectivity index (χ0n) is 24.4. The van der Waals surface area contributed by atoms with E-state index in [9.17, 15) is 14.4 Å². The van der Waals surface area contributed by atoms with Gasteiger partial charge in [0.25, 0.3) is 11.8 Å². The number of rotatable bonds is 11. The molecule has 1 aromatic heterocycles. The highest BCUT2D eigenvalue weighted by Gasteiger charge is 2.18. The molecular formula is C34H29ClN4O4S2. The Morgan fingerprint density at radius 3 is 2.40 bits per heavy atom. The highest BCUT2D eigenvalue weighted by Crippen LogP contribution is 2.31. The predicted octanol–water partition coefficient (Wildman–Crippen LogP) is 7.88. The Bertz CT molecular complexity index is 1840. The topological polar surface area (TPSA) is 109 Å². The average Bonchev–Trinajstić information content (AvgIpc) is 3.44. The van der Waals surface area contributed by atoms with E-state index in [4.69, 9.17) is 16.3 Å². The summed E-state index contributed by atoms with van der Waals surface area (Å²) in [6, 6.07) is 28.3. The Labute approximate surface area is 273 Å². The third-order valence-corrected chi connectivity index (χ3v) is 8.70. The van der Waals surface area contributed by atoms with Crippen molar-refractivity contribution in [3.05, 3.63) is 119 Å². The molecule has 11 heteroatoms. The second kappa shape index (κ2) is 14.9. The number of fused-ring (bicyclic) bond motifs is 1. The van der Waals surface area contributed by atoms with Crippen LogP contribution in [0.4, 0.5) is 10.8 Å². The summed E-state index contributed by atoms with van der Waals surface area (Å²) in [4.78, 5) is 44.4. The lowest BCUT2D eigenvalue weighted by atomic mass is 10.1. The second-order valence-electron chi connectivity index (χ2n) is 9.74. The molecule has 3 N–H and O–H groups in total. The summed E-state index contributed by atoms with van der Waals surface area (Å²) in [5.41, 5.74) is 2.50. The molecule has 0 aliphatic rings. The van der Waals surface area contributed by atoms with Crippen LogP contribution in [0.5, 0.6) is 5.75 Å². The molecule has 0 aliphatic carbocycles. The number of thiazole rings is 1. The second-order valence-corrected chi connectivity index (χ2v) is 12.6. The molecule has 1 atom stereocenters. The number of benzene rings is 4. The number of hydrogen-bond acceptors (Lipinski definition) is 7. The van der Waals surface area contributed by atoms with E-state index in [0.717, 1.165) is 20.9 Å². The fraction of sp³-hybridized carbons (Fsp3) is 0.118. The van der Waals surface area contributed by atoms with Crippen molar-refractivity contribution in [3.63, 3.8) is 0 Å². The van der Waals surface area contributed by atoms with Gasteiger partial charge in [0.2, 0.25) is 5.91 Å². The van der Waals surface area contributed by atoms with Crippen LogP contribution in [0.15, 0.2) is 108 Å². The average molecular weight is 657 g/mol. The van der Waals surface area contributed by atoms with Crippen LogP contribution in [0, 0.1) is 0 Å². The van der Waals surface area contributed by atoms with E-state index in [0.29, 0.717) is 33.6 Å². The smallest absolute Gasteiger partial charge is 0.272 e. The molecule has 8 nitrogen and oxygen atoms in total. The summed E-state index contributed by atoms with van der Waals surface area (Å²) in [6.07, 6.45) is 1.58. The minimum Gasteiger partial charge on any atom is -0.494 e. The molecule has 4 aromatic carbocycles. The van der Waals surface area contributed by atoms with E-state index in [1.54, 1.807) is 66.7 Å². The Hall–Kier alpha value is -4.64. The number of carbonyl (C=O) groups is 3. The number of nitrogens with zero attached hydrogens (tertiary/aromatic N) is 1. The van der Waals surface area contributed by atoms with Gasteiger partial charge in [0, 0.05) is 21.2 Å². The standard InChI is InChI=1S/C34H29ClN4O4S2/c1-3-43-26-15-18-28-30(20-26)45-34(38-28)39-31(40)21(2)44-27-16-13-25(14-17-27)36-33(42)29(19-22-9-11-24(35)12-10-22)37-32(41)23-7-5-4-6-8-23/h4-21H,3H2,1-2H3,(H,36,42)(H,37,41)(H,38,39,40)/b29-19-. The molecular weight excluding hydrogens is 628 g/mol. The van der Waals surface area contributed by atoms with Crippen LogP contribution >= 0.6 is 34.7 Å². The molecule has 1 heterocycles. The maximum absolute atomic E-state index is 13.3. The summed E-state index contributed by atoms with van der Waals surface area (Å²) in [6.45, 7) is 4.32. The molecule has 0 aliphatic heterocycles. The maximum Gasteiger partial charge on any atom is 0.272 e. The largest absolute Gasteiger partial charge is 0.494 e. The van der Waals surface area contributed by atoms with Gasteiger partial charge in [-0.05, 0) is 92.2 Å². The zero-order valence-corrected chi connectivity index (χ0v) is 26.8. The molecule has 0 bridgehead atoms. The van der Waals surface area contributed by atoms with Gasteiger partial charge in [-0.2, -0.15) is 0 Å². The molecule has 228 valence electrons. The predicted molar refractivity (Wildman–Crippen MR) is 183 cm³/mol.